The van der Waals surface area contributed by atoms with Crippen molar-refractivity contribution in [3.05, 3.63) is 17.8 Å². The minimum atomic E-state index is -0.956. The average Bonchev–Trinajstić information content (AvgIpc) is 2.98. The molecule has 0 aliphatic carbocycles. The highest BCUT2D eigenvalue weighted by Crippen LogP contribution is 2.16. The number of aryl methyl sites for hydroxylation is 1. The Kier molecular flexibility index (Phi) is 4.37. The van der Waals surface area contributed by atoms with Gasteiger partial charge in [0.05, 0.1) is 12.4 Å². The number of aliphatic carboxylic acids is 1. The van der Waals surface area contributed by atoms with Crippen molar-refractivity contribution in [2.45, 2.75) is 13.0 Å². The molecular weight excluding hydrogens is 256 g/mol. The van der Waals surface area contributed by atoms with Crippen LogP contribution in [0.3, 0.4) is 0 Å². The quantitative estimate of drug-likeness (QED) is 0.750. The number of hydrogen-bond donors (Lipinski definition) is 1. The van der Waals surface area contributed by atoms with Crippen molar-refractivity contribution in [1.29, 1.82) is 0 Å². The average molecular weight is 268 g/mol. The molecule has 0 bridgehead atoms. The maximum atomic E-state index is 10.2. The van der Waals surface area contributed by atoms with Crippen molar-refractivity contribution in [3.8, 4) is 11.3 Å². The molecule has 0 atom stereocenters. The van der Waals surface area contributed by atoms with E-state index in [9.17, 15) is 4.79 Å². The van der Waals surface area contributed by atoms with E-state index in [1.54, 1.807) is 10.9 Å². The van der Waals surface area contributed by atoms with Gasteiger partial charge < -0.3 is 9.84 Å². The summed E-state index contributed by atoms with van der Waals surface area (Å²) in [6, 6.07) is 0. The van der Waals surface area contributed by atoms with Gasteiger partial charge in [-0.1, -0.05) is 5.21 Å². The molecule has 2 aromatic rings. The van der Waals surface area contributed by atoms with E-state index in [2.05, 4.69) is 14.7 Å². The fourth-order valence-electron chi connectivity index (χ4n) is 1.36. The van der Waals surface area contributed by atoms with Crippen LogP contribution in [0.15, 0.2) is 17.8 Å². The van der Waals surface area contributed by atoms with E-state index in [1.165, 1.54) is 11.5 Å². The summed E-state index contributed by atoms with van der Waals surface area (Å²) >= 11 is 1.37. The van der Waals surface area contributed by atoms with Gasteiger partial charge in [-0.25, -0.2) is 9.17 Å². The van der Waals surface area contributed by atoms with Crippen LogP contribution in [0.25, 0.3) is 11.3 Å². The van der Waals surface area contributed by atoms with Crippen LogP contribution in [0.1, 0.15) is 6.42 Å². The smallest absolute Gasteiger partial charge is 0.329 e. The first-order chi connectivity index (χ1) is 8.75. The highest BCUT2D eigenvalue weighted by Gasteiger charge is 2.04. The number of carbonyl (C=O) groups is 1. The third-order valence-electron chi connectivity index (χ3n) is 2.17. The number of hydrogen-bond acceptors (Lipinski definition) is 6. The third-order valence-corrected chi connectivity index (χ3v) is 2.75. The van der Waals surface area contributed by atoms with Crippen molar-refractivity contribution in [1.82, 2.24) is 19.4 Å². The molecule has 7 nitrogen and oxygen atoms in total. The Morgan fingerprint density at radius 3 is 3.17 bits per heavy atom. The number of rotatable bonds is 7. The molecule has 1 N–H and O–H groups in total. The number of aromatic nitrogens is 4. The summed E-state index contributed by atoms with van der Waals surface area (Å²) in [4.78, 5) is 10.2. The molecule has 0 aliphatic heterocycles. The van der Waals surface area contributed by atoms with Crippen molar-refractivity contribution < 1.29 is 14.6 Å². The van der Waals surface area contributed by atoms with Crippen molar-refractivity contribution in [3.63, 3.8) is 0 Å². The van der Waals surface area contributed by atoms with Crippen molar-refractivity contribution >= 4 is 17.5 Å². The second-order valence-corrected chi connectivity index (χ2v) is 4.24. The Bertz CT molecular complexity index is 497. The molecule has 96 valence electrons. The monoisotopic (exact) mass is 268 g/mol. The molecule has 0 saturated carbocycles. The summed E-state index contributed by atoms with van der Waals surface area (Å²) in [7, 11) is 0. The normalized spacial score (nSPS) is 10.7. The molecule has 2 rings (SSSR count). The first kappa shape index (κ1) is 12.7. The Balaban J connectivity index is 1.76. The Labute approximate surface area is 107 Å². The Morgan fingerprint density at radius 1 is 1.56 bits per heavy atom. The van der Waals surface area contributed by atoms with Gasteiger partial charge in [0.2, 0.25) is 0 Å². The van der Waals surface area contributed by atoms with Crippen LogP contribution in [0.2, 0.25) is 0 Å². The van der Waals surface area contributed by atoms with Gasteiger partial charge in [0.15, 0.2) is 0 Å². The lowest BCUT2D eigenvalue weighted by molar-refractivity contribution is -0.142. The molecule has 0 aliphatic rings. The van der Waals surface area contributed by atoms with Gasteiger partial charge in [-0.05, 0) is 18.0 Å². The zero-order chi connectivity index (χ0) is 12.8. The lowest BCUT2D eigenvalue weighted by Crippen LogP contribution is -2.09. The summed E-state index contributed by atoms with van der Waals surface area (Å²) in [5, 5.41) is 18.3. The largest absolute Gasteiger partial charge is 0.480 e. The Hall–Kier alpha value is -1.80. The van der Waals surface area contributed by atoms with Crippen molar-refractivity contribution in [2.75, 3.05) is 13.2 Å². The van der Waals surface area contributed by atoms with Crippen molar-refractivity contribution in [2.24, 2.45) is 0 Å². The topological polar surface area (TPSA) is 90.1 Å². The molecule has 0 aromatic carbocycles. The molecule has 0 amide bonds. The van der Waals surface area contributed by atoms with Crippen LogP contribution >= 0.6 is 11.5 Å². The molecule has 2 aromatic heterocycles. The molecule has 2 heterocycles. The van der Waals surface area contributed by atoms with Gasteiger partial charge in [-0.2, -0.15) is 0 Å². The lowest BCUT2D eigenvalue weighted by Gasteiger charge is -2.00. The van der Waals surface area contributed by atoms with E-state index in [0.29, 0.717) is 19.6 Å². The van der Waals surface area contributed by atoms with Gasteiger partial charge in [-0.15, -0.1) is 5.10 Å². The molecule has 0 radical (unpaired) electrons. The summed E-state index contributed by atoms with van der Waals surface area (Å²) in [6.07, 6.45) is 4.27. The zero-order valence-corrected chi connectivity index (χ0v) is 10.3. The maximum Gasteiger partial charge on any atom is 0.329 e. The highest BCUT2D eigenvalue weighted by atomic mass is 32.1. The second-order valence-electron chi connectivity index (χ2n) is 3.58. The van der Waals surface area contributed by atoms with Gasteiger partial charge in [0.25, 0.3) is 0 Å². The number of carboxylic acids is 1. The number of ether oxygens (including phenoxy) is 1. The zero-order valence-electron chi connectivity index (χ0n) is 9.52. The SMILES string of the molecule is O=C(O)COCCCn1cc(-c2cnsc2)nn1. The fourth-order valence-corrected chi connectivity index (χ4v) is 1.89. The van der Waals surface area contributed by atoms with Crippen LogP contribution in [0, 0.1) is 0 Å². The van der Waals surface area contributed by atoms with E-state index in [1.807, 2.05) is 11.6 Å². The van der Waals surface area contributed by atoms with Gasteiger partial charge in [-0.3, -0.25) is 4.68 Å². The first-order valence-electron chi connectivity index (χ1n) is 5.35. The summed E-state index contributed by atoms with van der Waals surface area (Å²) < 4.78 is 10.6. The maximum absolute atomic E-state index is 10.2. The van der Waals surface area contributed by atoms with Gasteiger partial charge in [0, 0.05) is 24.1 Å². The van der Waals surface area contributed by atoms with E-state index < -0.39 is 5.97 Å². The molecule has 0 saturated heterocycles. The fraction of sp³-hybridized carbons (Fsp3) is 0.400. The Morgan fingerprint density at radius 2 is 2.44 bits per heavy atom. The second kappa shape index (κ2) is 6.22. The van der Waals surface area contributed by atoms with Crippen LogP contribution in [0.5, 0.6) is 0 Å². The van der Waals surface area contributed by atoms with Gasteiger partial charge in [0.1, 0.15) is 12.3 Å². The van der Waals surface area contributed by atoms with E-state index in [-0.39, 0.29) is 6.61 Å². The number of nitrogens with zero attached hydrogens (tertiary/aromatic N) is 4. The molecule has 8 heteroatoms. The predicted octanol–water partition coefficient (Wildman–Crippen LogP) is 0.893. The summed E-state index contributed by atoms with van der Waals surface area (Å²) in [5.74, 6) is -0.956. The third kappa shape index (κ3) is 3.60. The molecular formula is C10H12N4O3S. The molecule has 0 spiro atoms. The summed E-state index contributed by atoms with van der Waals surface area (Å²) in [5.41, 5.74) is 1.74. The summed E-state index contributed by atoms with van der Waals surface area (Å²) in [6.45, 7) is 0.773. The van der Waals surface area contributed by atoms with Gasteiger partial charge >= 0.3 is 5.97 Å². The number of carboxylic acid groups (broad SMARTS) is 1. The van der Waals surface area contributed by atoms with E-state index in [4.69, 9.17) is 9.84 Å². The van der Waals surface area contributed by atoms with Crippen LogP contribution in [-0.4, -0.2) is 43.7 Å². The van der Waals surface area contributed by atoms with Crippen LogP contribution in [-0.2, 0) is 16.1 Å². The first-order valence-corrected chi connectivity index (χ1v) is 6.19. The van der Waals surface area contributed by atoms with Crippen LogP contribution < -0.4 is 0 Å². The minimum absolute atomic E-state index is 0.261. The highest BCUT2D eigenvalue weighted by molar-refractivity contribution is 7.03. The van der Waals surface area contributed by atoms with Crippen LogP contribution in [0.4, 0.5) is 0 Å². The van der Waals surface area contributed by atoms with E-state index >= 15 is 0 Å². The van der Waals surface area contributed by atoms with E-state index in [0.717, 1.165) is 11.3 Å². The molecule has 0 unspecified atom stereocenters. The molecule has 18 heavy (non-hydrogen) atoms. The standard InChI is InChI=1S/C10H12N4O3S/c15-10(16)6-17-3-1-2-14-5-9(12-13-14)8-4-11-18-7-8/h4-5,7H,1-3,6H2,(H,15,16). The predicted molar refractivity (Wildman–Crippen MR) is 64.2 cm³/mol. The lowest BCUT2D eigenvalue weighted by atomic mass is 10.3. The minimum Gasteiger partial charge on any atom is -0.480 e. The molecule has 0 fully saturated rings.